The van der Waals surface area contributed by atoms with Crippen molar-refractivity contribution >= 4 is 11.8 Å². The Morgan fingerprint density at radius 1 is 1.24 bits per heavy atom. The van der Waals surface area contributed by atoms with E-state index >= 15 is 0 Å². The van der Waals surface area contributed by atoms with Crippen LogP contribution in [0.4, 0.5) is 5.82 Å². The van der Waals surface area contributed by atoms with Gasteiger partial charge in [0, 0.05) is 5.56 Å². The van der Waals surface area contributed by atoms with Gasteiger partial charge in [-0.1, -0.05) is 18.2 Å². The maximum atomic E-state index is 11.0. The van der Waals surface area contributed by atoms with Crippen LogP contribution in [0.2, 0.25) is 0 Å². The van der Waals surface area contributed by atoms with Crippen LogP contribution in [0.1, 0.15) is 10.5 Å². The lowest BCUT2D eigenvalue weighted by molar-refractivity contribution is 0.0691. The molecule has 0 bridgehead atoms. The number of anilines is 1. The predicted molar refractivity (Wildman–Crippen MR) is 60.5 cm³/mol. The van der Waals surface area contributed by atoms with Crippen LogP contribution in [0.3, 0.4) is 0 Å². The first kappa shape index (κ1) is 10.9. The summed E-state index contributed by atoms with van der Waals surface area (Å²) in [4.78, 5) is 18.4. The minimum Gasteiger partial charge on any atom is -0.507 e. The fourth-order valence-corrected chi connectivity index (χ4v) is 1.51. The number of rotatable bonds is 2. The molecule has 0 unspecified atom stereocenters. The molecule has 6 nitrogen and oxygen atoms in total. The average molecular weight is 231 g/mol. The third-order valence-electron chi connectivity index (χ3n) is 2.25. The number of phenolic OH excluding ortho intramolecular Hbond substituents is 1. The summed E-state index contributed by atoms with van der Waals surface area (Å²) in [6.07, 6.45) is 1.07. The number of carbonyl (C=O) groups is 1. The number of aromatic nitrogens is 2. The van der Waals surface area contributed by atoms with Crippen molar-refractivity contribution in [1.82, 2.24) is 9.97 Å². The van der Waals surface area contributed by atoms with Crippen molar-refractivity contribution in [3.8, 4) is 16.9 Å². The van der Waals surface area contributed by atoms with Gasteiger partial charge < -0.3 is 15.9 Å². The standard InChI is InChI=1S/C11H9N3O3/c12-10-8(6-3-1-2-4-7(6)15)9(11(16)17)13-5-14-10/h1-5,15H,(H,16,17)(H2,12,13,14). The van der Waals surface area contributed by atoms with Gasteiger partial charge in [0.2, 0.25) is 0 Å². The lowest BCUT2D eigenvalue weighted by Crippen LogP contribution is -2.07. The second-order valence-electron chi connectivity index (χ2n) is 3.30. The van der Waals surface area contributed by atoms with Gasteiger partial charge in [-0.2, -0.15) is 0 Å². The summed E-state index contributed by atoms with van der Waals surface area (Å²) in [7, 11) is 0. The van der Waals surface area contributed by atoms with Crippen LogP contribution in [-0.4, -0.2) is 26.2 Å². The van der Waals surface area contributed by atoms with Crippen LogP contribution in [0, 0.1) is 0 Å². The van der Waals surface area contributed by atoms with E-state index in [1.165, 1.54) is 6.07 Å². The van der Waals surface area contributed by atoms with Crippen molar-refractivity contribution in [1.29, 1.82) is 0 Å². The highest BCUT2D eigenvalue weighted by Gasteiger charge is 2.19. The van der Waals surface area contributed by atoms with Crippen molar-refractivity contribution in [2.45, 2.75) is 0 Å². The maximum Gasteiger partial charge on any atom is 0.355 e. The smallest absolute Gasteiger partial charge is 0.355 e. The number of para-hydroxylation sites is 1. The molecule has 2 aromatic rings. The molecule has 4 N–H and O–H groups in total. The van der Waals surface area contributed by atoms with E-state index in [0.717, 1.165) is 6.33 Å². The number of benzene rings is 1. The molecule has 0 radical (unpaired) electrons. The number of carboxylic acids is 1. The van der Waals surface area contributed by atoms with Crippen molar-refractivity contribution in [3.63, 3.8) is 0 Å². The molecule has 0 spiro atoms. The first-order valence-corrected chi connectivity index (χ1v) is 4.73. The lowest BCUT2D eigenvalue weighted by Gasteiger charge is -2.09. The maximum absolute atomic E-state index is 11.0. The SMILES string of the molecule is Nc1ncnc(C(=O)O)c1-c1ccccc1O. The van der Waals surface area contributed by atoms with Crippen LogP contribution in [-0.2, 0) is 0 Å². The highest BCUT2D eigenvalue weighted by molar-refractivity contribution is 5.97. The molecule has 1 heterocycles. The molecule has 0 aliphatic heterocycles. The summed E-state index contributed by atoms with van der Waals surface area (Å²) in [5.41, 5.74) is 5.82. The second-order valence-corrected chi connectivity index (χ2v) is 3.30. The second kappa shape index (κ2) is 4.09. The summed E-state index contributed by atoms with van der Waals surface area (Å²) in [6, 6.07) is 6.27. The van der Waals surface area contributed by atoms with Crippen molar-refractivity contribution < 1.29 is 15.0 Å². The van der Waals surface area contributed by atoms with E-state index in [1.54, 1.807) is 18.2 Å². The van der Waals surface area contributed by atoms with E-state index in [9.17, 15) is 9.90 Å². The summed E-state index contributed by atoms with van der Waals surface area (Å²) in [5.74, 6) is -1.28. The molecule has 0 aliphatic rings. The van der Waals surface area contributed by atoms with Crippen LogP contribution in [0.15, 0.2) is 30.6 Å². The Morgan fingerprint density at radius 2 is 1.94 bits per heavy atom. The molecule has 0 saturated carbocycles. The van der Waals surface area contributed by atoms with E-state index in [-0.39, 0.29) is 22.8 Å². The first-order chi connectivity index (χ1) is 8.11. The minimum atomic E-state index is -1.22. The largest absolute Gasteiger partial charge is 0.507 e. The average Bonchev–Trinajstić information content (AvgIpc) is 2.30. The minimum absolute atomic E-state index is 0.0129. The predicted octanol–water partition coefficient (Wildman–Crippen LogP) is 1.13. The van der Waals surface area contributed by atoms with Gasteiger partial charge >= 0.3 is 5.97 Å². The normalized spacial score (nSPS) is 10.1. The molecule has 1 aromatic heterocycles. The number of aromatic hydroxyl groups is 1. The number of carboxylic acid groups (broad SMARTS) is 1. The monoisotopic (exact) mass is 231 g/mol. The quantitative estimate of drug-likeness (QED) is 0.714. The number of nitrogen functional groups attached to an aromatic ring is 1. The van der Waals surface area contributed by atoms with Crippen molar-refractivity contribution in [2.75, 3.05) is 5.73 Å². The molecule has 0 fully saturated rings. The van der Waals surface area contributed by atoms with Crippen LogP contribution >= 0.6 is 0 Å². The van der Waals surface area contributed by atoms with Gasteiger partial charge in [0.15, 0.2) is 5.69 Å². The molecule has 0 saturated heterocycles. The zero-order valence-electron chi connectivity index (χ0n) is 8.66. The Balaban J connectivity index is 2.75. The summed E-state index contributed by atoms with van der Waals surface area (Å²) < 4.78 is 0. The Bertz CT molecular complexity index is 584. The van der Waals surface area contributed by atoms with Gasteiger partial charge in [0.05, 0.1) is 5.56 Å². The van der Waals surface area contributed by atoms with Crippen LogP contribution in [0.25, 0.3) is 11.1 Å². The molecule has 0 atom stereocenters. The van der Waals surface area contributed by atoms with Crippen LogP contribution in [0.5, 0.6) is 5.75 Å². The highest BCUT2D eigenvalue weighted by Crippen LogP contribution is 2.33. The molecule has 0 amide bonds. The van der Waals surface area contributed by atoms with E-state index in [4.69, 9.17) is 10.8 Å². The molecule has 86 valence electrons. The van der Waals surface area contributed by atoms with Crippen molar-refractivity contribution in [3.05, 3.63) is 36.3 Å². The van der Waals surface area contributed by atoms with E-state index < -0.39 is 5.97 Å². The summed E-state index contributed by atoms with van der Waals surface area (Å²) >= 11 is 0. The first-order valence-electron chi connectivity index (χ1n) is 4.73. The fourth-order valence-electron chi connectivity index (χ4n) is 1.51. The van der Waals surface area contributed by atoms with Gasteiger partial charge in [-0.05, 0) is 6.07 Å². The third kappa shape index (κ3) is 1.87. The molecule has 6 heteroatoms. The Kier molecular flexibility index (Phi) is 2.61. The Labute approximate surface area is 96.4 Å². The molecule has 0 aliphatic carbocycles. The summed E-state index contributed by atoms with van der Waals surface area (Å²) in [6.45, 7) is 0. The Hall–Kier alpha value is -2.63. The highest BCUT2D eigenvalue weighted by atomic mass is 16.4. The van der Waals surface area contributed by atoms with Gasteiger partial charge in [-0.3, -0.25) is 0 Å². The number of nitrogens with two attached hydrogens (primary N) is 1. The topological polar surface area (TPSA) is 109 Å². The molecule has 1 aromatic carbocycles. The van der Waals surface area contributed by atoms with Crippen molar-refractivity contribution in [2.24, 2.45) is 0 Å². The van der Waals surface area contributed by atoms with E-state index in [0.29, 0.717) is 5.56 Å². The molecule has 2 rings (SSSR count). The van der Waals surface area contributed by atoms with Gasteiger partial charge in [0.25, 0.3) is 0 Å². The van der Waals surface area contributed by atoms with Gasteiger partial charge in [0.1, 0.15) is 17.9 Å². The molecular formula is C11H9N3O3. The van der Waals surface area contributed by atoms with E-state index in [1.807, 2.05) is 0 Å². The fraction of sp³-hybridized carbons (Fsp3) is 0. The molecular weight excluding hydrogens is 222 g/mol. The number of hydrogen-bond donors (Lipinski definition) is 3. The lowest BCUT2D eigenvalue weighted by atomic mass is 10.0. The van der Waals surface area contributed by atoms with Crippen LogP contribution < -0.4 is 5.73 Å². The summed E-state index contributed by atoms with van der Waals surface area (Å²) in [5, 5.41) is 18.7. The number of nitrogens with zero attached hydrogens (tertiary/aromatic N) is 2. The number of phenols is 1. The molecule has 17 heavy (non-hydrogen) atoms. The number of hydrogen-bond acceptors (Lipinski definition) is 5. The van der Waals surface area contributed by atoms with Gasteiger partial charge in [-0.25, -0.2) is 14.8 Å². The Morgan fingerprint density at radius 3 is 2.59 bits per heavy atom. The zero-order valence-corrected chi connectivity index (χ0v) is 8.66. The third-order valence-corrected chi connectivity index (χ3v) is 2.25. The van der Waals surface area contributed by atoms with Gasteiger partial charge in [-0.15, -0.1) is 0 Å². The van der Waals surface area contributed by atoms with E-state index in [2.05, 4.69) is 9.97 Å². The number of aromatic carboxylic acids is 1. The zero-order chi connectivity index (χ0) is 12.4.